The summed E-state index contributed by atoms with van der Waals surface area (Å²) < 4.78 is 5.51. The van der Waals surface area contributed by atoms with Crippen molar-refractivity contribution in [3.63, 3.8) is 0 Å². The standard InChI is InChI=1S/C18H26N2O2/c1-2-22-16-9-7-15(8-10-16)17-6-5-13-20(17)14-18(21)19-11-3-4-12-19/h7-10,17H,2-6,11-14H2,1H3. The number of ether oxygens (including phenoxy) is 1. The van der Waals surface area contributed by atoms with Gasteiger partial charge in [-0.15, -0.1) is 0 Å². The number of hydrogen-bond acceptors (Lipinski definition) is 3. The van der Waals surface area contributed by atoms with Crippen LogP contribution in [-0.4, -0.2) is 48.5 Å². The van der Waals surface area contributed by atoms with Gasteiger partial charge in [0.1, 0.15) is 5.75 Å². The van der Waals surface area contributed by atoms with E-state index in [9.17, 15) is 4.79 Å². The van der Waals surface area contributed by atoms with Crippen LogP contribution < -0.4 is 4.74 Å². The van der Waals surface area contributed by atoms with Gasteiger partial charge in [-0.1, -0.05) is 12.1 Å². The fraction of sp³-hybridized carbons (Fsp3) is 0.611. The van der Waals surface area contributed by atoms with Gasteiger partial charge in [-0.25, -0.2) is 0 Å². The lowest BCUT2D eigenvalue weighted by Crippen LogP contribution is -2.38. The van der Waals surface area contributed by atoms with Gasteiger partial charge in [-0.2, -0.15) is 0 Å². The summed E-state index contributed by atoms with van der Waals surface area (Å²) in [5.74, 6) is 1.22. The van der Waals surface area contributed by atoms with Gasteiger partial charge in [-0.05, 0) is 56.8 Å². The minimum Gasteiger partial charge on any atom is -0.494 e. The monoisotopic (exact) mass is 302 g/mol. The molecule has 1 aromatic rings. The molecule has 120 valence electrons. The van der Waals surface area contributed by atoms with Crippen LogP contribution in [0.25, 0.3) is 0 Å². The molecule has 4 nitrogen and oxygen atoms in total. The van der Waals surface area contributed by atoms with E-state index in [1.807, 2.05) is 24.0 Å². The van der Waals surface area contributed by atoms with Gasteiger partial charge in [0.15, 0.2) is 0 Å². The average Bonchev–Trinajstić information content (AvgIpc) is 3.19. The lowest BCUT2D eigenvalue weighted by molar-refractivity contribution is -0.131. The van der Waals surface area contributed by atoms with E-state index in [4.69, 9.17) is 4.74 Å². The van der Waals surface area contributed by atoms with Gasteiger partial charge >= 0.3 is 0 Å². The first-order valence-electron chi connectivity index (χ1n) is 8.52. The summed E-state index contributed by atoms with van der Waals surface area (Å²) in [5.41, 5.74) is 1.30. The molecule has 4 heteroatoms. The van der Waals surface area contributed by atoms with E-state index in [1.165, 1.54) is 12.0 Å². The zero-order chi connectivity index (χ0) is 15.4. The van der Waals surface area contributed by atoms with E-state index >= 15 is 0 Å². The first-order chi connectivity index (χ1) is 10.8. The molecule has 0 spiro atoms. The molecule has 2 aliphatic heterocycles. The number of hydrogen-bond donors (Lipinski definition) is 0. The smallest absolute Gasteiger partial charge is 0.236 e. The quantitative estimate of drug-likeness (QED) is 0.838. The van der Waals surface area contributed by atoms with Crippen LogP contribution in [-0.2, 0) is 4.79 Å². The molecular weight excluding hydrogens is 276 g/mol. The molecular formula is C18H26N2O2. The molecule has 0 bridgehead atoms. The Bertz CT molecular complexity index is 494. The van der Waals surface area contributed by atoms with Crippen LogP contribution in [0.5, 0.6) is 5.75 Å². The highest BCUT2D eigenvalue weighted by Crippen LogP contribution is 2.32. The van der Waals surface area contributed by atoms with Crippen molar-refractivity contribution in [1.29, 1.82) is 0 Å². The van der Waals surface area contributed by atoms with Gasteiger partial charge in [0.25, 0.3) is 0 Å². The Balaban J connectivity index is 1.63. The molecule has 1 atom stereocenters. The van der Waals surface area contributed by atoms with Crippen molar-refractivity contribution >= 4 is 5.91 Å². The lowest BCUT2D eigenvalue weighted by atomic mass is 10.0. The van der Waals surface area contributed by atoms with Crippen molar-refractivity contribution < 1.29 is 9.53 Å². The van der Waals surface area contributed by atoms with Gasteiger partial charge in [0.2, 0.25) is 5.91 Å². The van der Waals surface area contributed by atoms with Crippen LogP contribution in [0.3, 0.4) is 0 Å². The number of rotatable bonds is 5. The number of carbonyl (C=O) groups excluding carboxylic acids is 1. The molecule has 1 aromatic carbocycles. The lowest BCUT2D eigenvalue weighted by Gasteiger charge is -2.26. The third-order valence-corrected chi connectivity index (χ3v) is 4.74. The maximum absolute atomic E-state index is 12.4. The van der Waals surface area contributed by atoms with Gasteiger partial charge in [0, 0.05) is 19.1 Å². The minimum absolute atomic E-state index is 0.301. The molecule has 0 aliphatic carbocycles. The van der Waals surface area contributed by atoms with E-state index in [2.05, 4.69) is 17.0 Å². The summed E-state index contributed by atoms with van der Waals surface area (Å²) in [7, 11) is 0. The third-order valence-electron chi connectivity index (χ3n) is 4.74. The summed E-state index contributed by atoms with van der Waals surface area (Å²) >= 11 is 0. The second-order valence-electron chi connectivity index (χ2n) is 6.22. The van der Waals surface area contributed by atoms with Crippen LogP contribution in [0.4, 0.5) is 0 Å². The summed E-state index contributed by atoms with van der Waals surface area (Å²) in [5, 5.41) is 0. The Hall–Kier alpha value is -1.55. The maximum atomic E-state index is 12.4. The Morgan fingerprint density at radius 2 is 1.86 bits per heavy atom. The minimum atomic E-state index is 0.301. The van der Waals surface area contributed by atoms with Gasteiger partial charge < -0.3 is 9.64 Å². The summed E-state index contributed by atoms with van der Waals surface area (Å²) in [6.07, 6.45) is 4.63. The highest BCUT2D eigenvalue weighted by molar-refractivity contribution is 5.78. The predicted octanol–water partition coefficient (Wildman–Crippen LogP) is 2.84. The molecule has 0 saturated carbocycles. The molecule has 1 unspecified atom stereocenters. The first-order valence-corrected chi connectivity index (χ1v) is 8.52. The van der Waals surface area contributed by atoms with Crippen molar-refractivity contribution in [1.82, 2.24) is 9.80 Å². The Morgan fingerprint density at radius 3 is 2.55 bits per heavy atom. The Labute approximate surface area is 133 Å². The second kappa shape index (κ2) is 7.14. The number of benzene rings is 1. The number of carbonyl (C=O) groups is 1. The van der Waals surface area contributed by atoms with Crippen LogP contribution in [0.2, 0.25) is 0 Å². The zero-order valence-corrected chi connectivity index (χ0v) is 13.5. The van der Waals surface area contributed by atoms with Gasteiger partial charge in [-0.3, -0.25) is 9.69 Å². The molecule has 0 radical (unpaired) electrons. The predicted molar refractivity (Wildman–Crippen MR) is 87.0 cm³/mol. The molecule has 2 heterocycles. The van der Waals surface area contributed by atoms with E-state index < -0.39 is 0 Å². The highest BCUT2D eigenvalue weighted by atomic mass is 16.5. The van der Waals surface area contributed by atoms with Crippen LogP contribution in [0.1, 0.15) is 44.2 Å². The molecule has 0 aromatic heterocycles. The van der Waals surface area contributed by atoms with Crippen molar-refractivity contribution in [3.05, 3.63) is 29.8 Å². The number of amides is 1. The van der Waals surface area contributed by atoms with Crippen molar-refractivity contribution in [2.45, 2.75) is 38.6 Å². The summed E-state index contributed by atoms with van der Waals surface area (Å²) in [6, 6.07) is 8.75. The average molecular weight is 302 g/mol. The summed E-state index contributed by atoms with van der Waals surface area (Å²) in [6.45, 7) is 6.17. The molecule has 3 rings (SSSR count). The van der Waals surface area contributed by atoms with Crippen LogP contribution >= 0.6 is 0 Å². The second-order valence-corrected chi connectivity index (χ2v) is 6.22. The molecule has 1 amide bonds. The van der Waals surface area contributed by atoms with Crippen LogP contribution in [0, 0.1) is 0 Å². The maximum Gasteiger partial charge on any atom is 0.236 e. The number of likely N-dealkylation sites (tertiary alicyclic amines) is 2. The Kier molecular flexibility index (Phi) is 4.98. The fourth-order valence-electron chi connectivity index (χ4n) is 3.59. The van der Waals surface area contributed by atoms with Crippen LogP contribution in [0.15, 0.2) is 24.3 Å². The molecule has 2 aliphatic rings. The third kappa shape index (κ3) is 3.43. The first kappa shape index (κ1) is 15.3. The summed E-state index contributed by atoms with van der Waals surface area (Å²) in [4.78, 5) is 16.7. The molecule has 2 fully saturated rings. The normalized spacial score (nSPS) is 22.2. The Morgan fingerprint density at radius 1 is 1.14 bits per heavy atom. The fourth-order valence-corrected chi connectivity index (χ4v) is 3.59. The highest BCUT2D eigenvalue weighted by Gasteiger charge is 2.29. The molecule has 22 heavy (non-hydrogen) atoms. The van der Waals surface area contributed by atoms with E-state index in [1.54, 1.807) is 0 Å². The zero-order valence-electron chi connectivity index (χ0n) is 13.5. The van der Waals surface area contributed by atoms with E-state index in [0.717, 1.165) is 44.6 Å². The number of nitrogens with zero attached hydrogens (tertiary/aromatic N) is 2. The van der Waals surface area contributed by atoms with Gasteiger partial charge in [0.05, 0.1) is 13.2 Å². The van der Waals surface area contributed by atoms with Crippen molar-refractivity contribution in [2.24, 2.45) is 0 Å². The topological polar surface area (TPSA) is 32.8 Å². The molecule has 0 N–H and O–H groups in total. The van der Waals surface area contributed by atoms with E-state index in [0.29, 0.717) is 25.1 Å². The largest absolute Gasteiger partial charge is 0.494 e. The van der Waals surface area contributed by atoms with Crippen molar-refractivity contribution in [3.8, 4) is 5.75 Å². The van der Waals surface area contributed by atoms with E-state index in [-0.39, 0.29) is 0 Å². The molecule has 2 saturated heterocycles. The van der Waals surface area contributed by atoms with Crippen molar-refractivity contribution in [2.75, 3.05) is 32.8 Å². The SMILES string of the molecule is CCOc1ccc(C2CCCN2CC(=O)N2CCCC2)cc1.